The van der Waals surface area contributed by atoms with Gasteiger partial charge in [-0.1, -0.05) is 31.4 Å². The number of carbonyl (C=O) groups excluding carboxylic acids is 2. The molecule has 0 atom stereocenters. The van der Waals surface area contributed by atoms with E-state index in [-0.39, 0.29) is 28.9 Å². The lowest BCUT2D eigenvalue weighted by atomic mass is 9.96. The fraction of sp³-hybridized carbons (Fsp3) is 0.438. The number of aryl methyl sites for hydroxylation is 1. The molecule has 1 aromatic heterocycles. The number of hydrogen-bond donors (Lipinski definition) is 3. The number of carbonyl (C=O) groups is 2. The molecule has 1 aliphatic heterocycles. The summed E-state index contributed by atoms with van der Waals surface area (Å²) in [5.41, 5.74) is 0.976. The topological polar surface area (TPSA) is 102 Å². The monoisotopic (exact) mass is 609 g/mol. The summed E-state index contributed by atoms with van der Waals surface area (Å²) >= 11 is 0. The number of piperazine rings is 1. The minimum Gasteiger partial charge on any atom is -0.351 e. The third-order valence-corrected chi connectivity index (χ3v) is 8.26. The fourth-order valence-electron chi connectivity index (χ4n) is 5.55. The number of benzene rings is 2. The van der Waals surface area contributed by atoms with Crippen molar-refractivity contribution < 1.29 is 22.8 Å². The van der Waals surface area contributed by atoms with Gasteiger partial charge in [-0.25, -0.2) is 9.97 Å². The van der Waals surface area contributed by atoms with Gasteiger partial charge in [-0.05, 0) is 62.2 Å². The number of hydrogen-bond acceptors (Lipinski definition) is 7. The number of amides is 2. The summed E-state index contributed by atoms with van der Waals surface area (Å²) in [4.78, 5) is 38.7. The Bertz CT molecular complexity index is 1470. The van der Waals surface area contributed by atoms with Gasteiger partial charge in [0.15, 0.2) is 0 Å². The fourth-order valence-corrected chi connectivity index (χ4v) is 5.55. The smallest absolute Gasteiger partial charge is 0.351 e. The van der Waals surface area contributed by atoms with Crippen LogP contribution in [0, 0.1) is 6.92 Å². The van der Waals surface area contributed by atoms with Crippen LogP contribution in [0.25, 0.3) is 0 Å². The average Bonchev–Trinajstić information content (AvgIpc) is 3.00. The first-order valence-electron chi connectivity index (χ1n) is 15.0. The van der Waals surface area contributed by atoms with E-state index in [1.165, 1.54) is 49.9 Å². The van der Waals surface area contributed by atoms with Crippen LogP contribution in [0.5, 0.6) is 0 Å². The van der Waals surface area contributed by atoms with Crippen molar-refractivity contribution in [2.45, 2.75) is 57.8 Å². The Balaban J connectivity index is 1.24. The molecule has 1 saturated heterocycles. The molecule has 0 radical (unpaired) electrons. The predicted octanol–water partition coefficient (Wildman–Crippen LogP) is 5.80. The molecule has 0 unspecified atom stereocenters. The highest BCUT2D eigenvalue weighted by Gasteiger charge is 2.34. The second-order valence-electron chi connectivity index (χ2n) is 11.7. The Morgan fingerprint density at radius 1 is 0.886 bits per heavy atom. The summed E-state index contributed by atoms with van der Waals surface area (Å²) < 4.78 is 42.0. The first kappa shape index (κ1) is 31.4. The SMILES string of the molecule is Cc1ccc(C(=O)Nc2ccc(CN3CCN(C)CC3)c(C(F)(F)F)c2)cc1NC(=O)c1cnc(NC2CCCCC2)nc1. The van der Waals surface area contributed by atoms with Crippen molar-refractivity contribution in [3.8, 4) is 0 Å². The van der Waals surface area contributed by atoms with Gasteiger partial charge in [0.1, 0.15) is 0 Å². The summed E-state index contributed by atoms with van der Waals surface area (Å²) in [7, 11) is 1.99. The van der Waals surface area contributed by atoms with Crippen molar-refractivity contribution in [2.75, 3.05) is 49.2 Å². The lowest BCUT2D eigenvalue weighted by Crippen LogP contribution is -2.44. The van der Waals surface area contributed by atoms with Crippen LogP contribution in [0.15, 0.2) is 48.8 Å². The Hall–Kier alpha value is -4.03. The number of rotatable bonds is 8. The molecule has 0 bridgehead atoms. The van der Waals surface area contributed by atoms with E-state index in [1.807, 2.05) is 11.9 Å². The molecule has 1 saturated carbocycles. The second kappa shape index (κ2) is 13.7. The van der Waals surface area contributed by atoms with E-state index in [4.69, 9.17) is 0 Å². The van der Waals surface area contributed by atoms with Gasteiger partial charge in [-0.2, -0.15) is 13.2 Å². The van der Waals surface area contributed by atoms with E-state index in [0.29, 0.717) is 36.3 Å². The van der Waals surface area contributed by atoms with Gasteiger partial charge in [0.25, 0.3) is 11.8 Å². The number of nitrogens with one attached hydrogen (secondary N) is 3. The molecule has 0 spiro atoms. The Morgan fingerprint density at radius 3 is 2.25 bits per heavy atom. The summed E-state index contributed by atoms with van der Waals surface area (Å²) in [6.07, 6.45) is 4.05. The largest absolute Gasteiger partial charge is 0.416 e. The van der Waals surface area contributed by atoms with Gasteiger partial charge in [-0.3, -0.25) is 14.5 Å². The lowest BCUT2D eigenvalue weighted by molar-refractivity contribution is -0.138. The van der Waals surface area contributed by atoms with E-state index in [1.54, 1.807) is 19.1 Å². The van der Waals surface area contributed by atoms with Crippen LogP contribution in [0.3, 0.4) is 0 Å². The Kier molecular flexibility index (Phi) is 9.80. The van der Waals surface area contributed by atoms with Crippen molar-refractivity contribution in [2.24, 2.45) is 0 Å². The van der Waals surface area contributed by atoms with Crippen molar-refractivity contribution in [1.29, 1.82) is 0 Å². The van der Waals surface area contributed by atoms with Crippen LogP contribution in [0.1, 0.15) is 69.5 Å². The zero-order chi connectivity index (χ0) is 31.3. The Labute approximate surface area is 255 Å². The van der Waals surface area contributed by atoms with Gasteiger partial charge in [0.05, 0.1) is 11.1 Å². The molecule has 12 heteroatoms. The summed E-state index contributed by atoms with van der Waals surface area (Å²) in [5.74, 6) is -0.563. The van der Waals surface area contributed by atoms with Crippen molar-refractivity contribution >= 4 is 29.1 Å². The number of alkyl halides is 3. The maximum Gasteiger partial charge on any atom is 0.416 e. The van der Waals surface area contributed by atoms with E-state index in [0.717, 1.165) is 32.0 Å². The summed E-state index contributed by atoms with van der Waals surface area (Å²) in [5, 5.41) is 8.68. The molecule has 1 aliphatic carbocycles. The standard InChI is InChI=1S/C32H38F3N7O2/c1-21-8-9-22(16-28(21)40-30(44)24-18-36-31(37-19-24)39-25-6-4-3-5-7-25)29(43)38-26-11-10-23(27(17-26)32(33,34)35)20-42-14-12-41(2)13-15-42/h8-11,16-19,25H,3-7,12-15,20H2,1-2H3,(H,38,43)(H,40,44)(H,36,37,39). The van der Waals surface area contributed by atoms with Crippen LogP contribution in [-0.2, 0) is 12.7 Å². The highest BCUT2D eigenvalue weighted by atomic mass is 19.4. The first-order chi connectivity index (χ1) is 21.0. The molecule has 2 heterocycles. The predicted molar refractivity (Wildman–Crippen MR) is 164 cm³/mol. The molecule has 44 heavy (non-hydrogen) atoms. The summed E-state index contributed by atoms with van der Waals surface area (Å²) in [6, 6.07) is 8.94. The zero-order valence-corrected chi connectivity index (χ0v) is 25.0. The minimum atomic E-state index is -4.57. The van der Waals surface area contributed by atoms with Crippen LogP contribution >= 0.6 is 0 Å². The summed E-state index contributed by atoms with van der Waals surface area (Å²) in [6.45, 7) is 4.93. The quantitative estimate of drug-likeness (QED) is 0.297. The van der Waals surface area contributed by atoms with Gasteiger partial charge in [0, 0.05) is 68.1 Å². The molecule has 2 aliphatic rings. The van der Waals surface area contributed by atoms with Gasteiger partial charge < -0.3 is 20.9 Å². The van der Waals surface area contributed by atoms with Crippen LogP contribution in [0.4, 0.5) is 30.5 Å². The van der Waals surface area contributed by atoms with E-state index in [2.05, 4.69) is 30.8 Å². The number of nitrogens with zero attached hydrogens (tertiary/aromatic N) is 4. The maximum absolute atomic E-state index is 14.0. The normalized spacial score (nSPS) is 16.8. The highest BCUT2D eigenvalue weighted by molar-refractivity contribution is 6.07. The Morgan fingerprint density at radius 2 is 1.57 bits per heavy atom. The van der Waals surface area contributed by atoms with E-state index < -0.39 is 23.6 Å². The van der Waals surface area contributed by atoms with Crippen LogP contribution in [-0.4, -0.2) is 70.9 Å². The van der Waals surface area contributed by atoms with Crippen molar-refractivity contribution in [1.82, 2.24) is 19.8 Å². The van der Waals surface area contributed by atoms with Gasteiger partial charge >= 0.3 is 6.18 Å². The minimum absolute atomic E-state index is 0.0367. The number of aromatic nitrogens is 2. The molecule has 2 amide bonds. The van der Waals surface area contributed by atoms with Gasteiger partial charge in [-0.15, -0.1) is 0 Å². The molecule has 234 valence electrons. The highest BCUT2D eigenvalue weighted by Crippen LogP contribution is 2.35. The van der Waals surface area contributed by atoms with Crippen LogP contribution < -0.4 is 16.0 Å². The molecular formula is C32H38F3N7O2. The molecule has 9 nitrogen and oxygen atoms in total. The molecule has 2 aromatic carbocycles. The van der Waals surface area contributed by atoms with Gasteiger partial charge in [0.2, 0.25) is 5.95 Å². The van der Waals surface area contributed by atoms with Crippen molar-refractivity contribution in [3.63, 3.8) is 0 Å². The van der Waals surface area contributed by atoms with E-state index >= 15 is 0 Å². The maximum atomic E-state index is 14.0. The van der Waals surface area contributed by atoms with Crippen LogP contribution in [0.2, 0.25) is 0 Å². The molecule has 3 aromatic rings. The molecule has 2 fully saturated rings. The van der Waals surface area contributed by atoms with Crippen molar-refractivity contribution in [3.05, 3.63) is 76.6 Å². The molecule has 3 N–H and O–H groups in total. The average molecular weight is 610 g/mol. The number of halogens is 3. The number of anilines is 3. The molecular weight excluding hydrogens is 571 g/mol. The second-order valence-corrected chi connectivity index (χ2v) is 11.7. The third-order valence-electron chi connectivity index (χ3n) is 8.26. The first-order valence-corrected chi connectivity index (χ1v) is 15.0. The zero-order valence-electron chi connectivity index (χ0n) is 25.0. The lowest BCUT2D eigenvalue weighted by Gasteiger charge is -2.33. The molecule has 5 rings (SSSR count). The third kappa shape index (κ3) is 8.11. The van der Waals surface area contributed by atoms with E-state index in [9.17, 15) is 22.8 Å². The number of likely N-dealkylation sites (N-methyl/N-ethyl adjacent to an activating group) is 1.